The number of fused-ring (bicyclic) bond motifs is 1. The molecule has 106 valence electrons. The summed E-state index contributed by atoms with van der Waals surface area (Å²) in [6, 6.07) is 13.1. The number of ether oxygens (including phenoxy) is 1. The maximum absolute atomic E-state index is 10.9. The van der Waals surface area contributed by atoms with Gasteiger partial charge in [-0.2, -0.15) is 0 Å². The molecule has 0 fully saturated rings. The number of hydrogen-bond donors (Lipinski definition) is 0. The predicted octanol–water partition coefficient (Wildman–Crippen LogP) is 4.23. The molecule has 0 atom stereocenters. The van der Waals surface area contributed by atoms with Gasteiger partial charge in [-0.3, -0.25) is 10.1 Å². The molecule has 0 radical (unpaired) electrons. The normalized spacial score (nSPS) is 10.7. The van der Waals surface area contributed by atoms with E-state index in [4.69, 9.17) is 9.15 Å². The van der Waals surface area contributed by atoms with Crippen molar-refractivity contribution in [3.63, 3.8) is 0 Å². The molecule has 0 aliphatic carbocycles. The number of aryl methyl sites for hydroxylation is 1. The molecular formula is C16H13NO4. The first-order valence-electron chi connectivity index (χ1n) is 6.47. The zero-order valence-electron chi connectivity index (χ0n) is 11.4. The Morgan fingerprint density at radius 3 is 2.67 bits per heavy atom. The molecule has 0 bridgehead atoms. The highest BCUT2D eigenvalue weighted by atomic mass is 16.6. The lowest BCUT2D eigenvalue weighted by atomic mass is 10.2. The average Bonchev–Trinajstić information content (AvgIpc) is 2.90. The van der Waals surface area contributed by atoms with Crippen molar-refractivity contribution < 1.29 is 14.1 Å². The smallest absolute Gasteiger partial charge is 0.315 e. The standard InChI is InChI=1S/C16H13NO4/c1-11-2-4-12(5-3-11)9-20-13-6-7-16-14(8-13)15(10-21-16)17(18)19/h2-8,10H,9H2,1H3. The summed E-state index contributed by atoms with van der Waals surface area (Å²) < 4.78 is 10.8. The zero-order valence-corrected chi connectivity index (χ0v) is 11.4. The monoisotopic (exact) mass is 283 g/mol. The molecule has 3 rings (SSSR count). The molecule has 1 heterocycles. The van der Waals surface area contributed by atoms with Gasteiger partial charge in [-0.1, -0.05) is 29.8 Å². The molecule has 0 spiro atoms. The van der Waals surface area contributed by atoms with E-state index in [0.717, 1.165) is 11.8 Å². The molecule has 5 heteroatoms. The Morgan fingerprint density at radius 1 is 1.19 bits per heavy atom. The van der Waals surface area contributed by atoms with Crippen LogP contribution in [0, 0.1) is 17.0 Å². The summed E-state index contributed by atoms with van der Waals surface area (Å²) in [5.41, 5.74) is 2.66. The Bertz CT molecular complexity index is 790. The lowest BCUT2D eigenvalue weighted by molar-refractivity contribution is -0.383. The van der Waals surface area contributed by atoms with Gasteiger partial charge < -0.3 is 9.15 Å². The topological polar surface area (TPSA) is 65.5 Å². The zero-order chi connectivity index (χ0) is 14.8. The molecule has 0 aliphatic heterocycles. The van der Waals surface area contributed by atoms with E-state index in [9.17, 15) is 10.1 Å². The lowest BCUT2D eigenvalue weighted by Gasteiger charge is -2.06. The Balaban J connectivity index is 1.82. The van der Waals surface area contributed by atoms with Crippen LogP contribution in [0.5, 0.6) is 5.75 Å². The minimum Gasteiger partial charge on any atom is -0.489 e. The summed E-state index contributed by atoms with van der Waals surface area (Å²) in [5, 5.41) is 11.3. The molecule has 2 aromatic carbocycles. The van der Waals surface area contributed by atoms with E-state index in [1.807, 2.05) is 31.2 Å². The molecule has 21 heavy (non-hydrogen) atoms. The second kappa shape index (κ2) is 5.28. The lowest BCUT2D eigenvalue weighted by Crippen LogP contribution is -1.95. The first-order valence-corrected chi connectivity index (χ1v) is 6.47. The fourth-order valence-electron chi connectivity index (χ4n) is 2.08. The molecule has 5 nitrogen and oxygen atoms in total. The van der Waals surface area contributed by atoms with E-state index in [2.05, 4.69) is 0 Å². The number of nitro groups is 1. The summed E-state index contributed by atoms with van der Waals surface area (Å²) in [7, 11) is 0. The third kappa shape index (κ3) is 2.72. The van der Waals surface area contributed by atoms with Gasteiger partial charge in [0, 0.05) is 0 Å². The van der Waals surface area contributed by atoms with E-state index < -0.39 is 4.92 Å². The van der Waals surface area contributed by atoms with Crippen molar-refractivity contribution in [1.29, 1.82) is 0 Å². The van der Waals surface area contributed by atoms with Crippen LogP contribution in [0.3, 0.4) is 0 Å². The van der Waals surface area contributed by atoms with Crippen molar-refractivity contribution in [3.05, 3.63) is 70.0 Å². The molecule has 0 amide bonds. The third-order valence-corrected chi connectivity index (χ3v) is 3.25. The maximum Gasteiger partial charge on any atom is 0.315 e. The number of furan rings is 1. The van der Waals surface area contributed by atoms with Crippen molar-refractivity contribution in [2.24, 2.45) is 0 Å². The highest BCUT2D eigenvalue weighted by Gasteiger charge is 2.16. The molecule has 1 aromatic heterocycles. The number of benzene rings is 2. The van der Waals surface area contributed by atoms with Crippen LogP contribution in [-0.2, 0) is 6.61 Å². The average molecular weight is 283 g/mol. The van der Waals surface area contributed by atoms with E-state index >= 15 is 0 Å². The van der Waals surface area contributed by atoms with Gasteiger partial charge in [-0.25, -0.2) is 0 Å². The quantitative estimate of drug-likeness (QED) is 0.531. The number of nitrogens with zero attached hydrogens (tertiary/aromatic N) is 1. The van der Waals surface area contributed by atoms with Gasteiger partial charge in [0.15, 0.2) is 6.26 Å². The molecule has 0 N–H and O–H groups in total. The van der Waals surface area contributed by atoms with Crippen molar-refractivity contribution >= 4 is 16.7 Å². The Kier molecular flexibility index (Phi) is 3.31. The van der Waals surface area contributed by atoms with Crippen LogP contribution in [0.4, 0.5) is 5.69 Å². The van der Waals surface area contributed by atoms with Gasteiger partial charge in [0.1, 0.15) is 23.3 Å². The predicted molar refractivity (Wildman–Crippen MR) is 78.4 cm³/mol. The summed E-state index contributed by atoms with van der Waals surface area (Å²) in [4.78, 5) is 10.4. The van der Waals surface area contributed by atoms with Crippen molar-refractivity contribution in [1.82, 2.24) is 0 Å². The highest BCUT2D eigenvalue weighted by molar-refractivity contribution is 5.88. The minimum atomic E-state index is -0.463. The third-order valence-electron chi connectivity index (χ3n) is 3.25. The summed E-state index contributed by atoms with van der Waals surface area (Å²) in [6.07, 6.45) is 1.15. The van der Waals surface area contributed by atoms with Crippen LogP contribution in [0.15, 0.2) is 53.1 Å². The maximum atomic E-state index is 10.9. The summed E-state index contributed by atoms with van der Waals surface area (Å²) in [5.74, 6) is 0.576. The second-order valence-corrected chi connectivity index (χ2v) is 4.81. The molecule has 0 saturated carbocycles. The number of rotatable bonds is 4. The van der Waals surface area contributed by atoms with Crippen molar-refractivity contribution in [2.75, 3.05) is 0 Å². The van der Waals surface area contributed by atoms with Crippen LogP contribution in [-0.4, -0.2) is 4.92 Å². The van der Waals surface area contributed by atoms with Gasteiger partial charge in [0.05, 0.1) is 4.92 Å². The first kappa shape index (κ1) is 13.2. The van der Waals surface area contributed by atoms with Crippen molar-refractivity contribution in [3.8, 4) is 5.75 Å². The van der Waals surface area contributed by atoms with Gasteiger partial charge in [-0.05, 0) is 30.7 Å². The van der Waals surface area contributed by atoms with Crippen LogP contribution < -0.4 is 4.74 Å². The van der Waals surface area contributed by atoms with Gasteiger partial charge >= 0.3 is 5.69 Å². The number of hydrogen-bond acceptors (Lipinski definition) is 4. The highest BCUT2D eigenvalue weighted by Crippen LogP contribution is 2.31. The van der Waals surface area contributed by atoms with Crippen LogP contribution in [0.2, 0.25) is 0 Å². The molecular weight excluding hydrogens is 270 g/mol. The molecule has 3 aromatic rings. The van der Waals surface area contributed by atoms with E-state index in [1.165, 1.54) is 5.56 Å². The Labute approximate surface area is 120 Å². The van der Waals surface area contributed by atoms with Crippen LogP contribution in [0.1, 0.15) is 11.1 Å². The second-order valence-electron chi connectivity index (χ2n) is 4.81. The molecule has 0 unspecified atom stereocenters. The van der Waals surface area contributed by atoms with E-state index in [-0.39, 0.29) is 5.69 Å². The van der Waals surface area contributed by atoms with E-state index in [0.29, 0.717) is 23.3 Å². The van der Waals surface area contributed by atoms with Gasteiger partial charge in [-0.15, -0.1) is 0 Å². The Morgan fingerprint density at radius 2 is 1.95 bits per heavy atom. The molecule has 0 saturated heterocycles. The van der Waals surface area contributed by atoms with Gasteiger partial charge in [0.2, 0.25) is 0 Å². The first-order chi connectivity index (χ1) is 10.1. The fourth-order valence-corrected chi connectivity index (χ4v) is 2.08. The van der Waals surface area contributed by atoms with Crippen LogP contribution >= 0.6 is 0 Å². The van der Waals surface area contributed by atoms with E-state index in [1.54, 1.807) is 18.2 Å². The van der Waals surface area contributed by atoms with Gasteiger partial charge in [0.25, 0.3) is 0 Å². The summed E-state index contributed by atoms with van der Waals surface area (Å²) >= 11 is 0. The fraction of sp³-hybridized carbons (Fsp3) is 0.125. The minimum absolute atomic E-state index is 0.0502. The molecule has 0 aliphatic rings. The Hall–Kier alpha value is -2.82. The largest absolute Gasteiger partial charge is 0.489 e. The summed E-state index contributed by atoms with van der Waals surface area (Å²) in [6.45, 7) is 2.44. The van der Waals surface area contributed by atoms with Crippen molar-refractivity contribution in [2.45, 2.75) is 13.5 Å². The SMILES string of the molecule is Cc1ccc(COc2ccc3occ([N+](=O)[O-])c3c2)cc1. The van der Waals surface area contributed by atoms with Crippen LogP contribution in [0.25, 0.3) is 11.0 Å².